The molecule has 0 spiro atoms. The molecule has 0 aliphatic carbocycles. The summed E-state index contributed by atoms with van der Waals surface area (Å²) in [5, 5.41) is 9.98. The van der Waals surface area contributed by atoms with Gasteiger partial charge >= 0.3 is 0 Å². The number of hydrogen-bond acceptors (Lipinski definition) is 0. The van der Waals surface area contributed by atoms with Crippen LogP contribution < -0.4 is 5.32 Å². The van der Waals surface area contributed by atoms with Crippen LogP contribution in [-0.2, 0) is 13.1 Å². The molecule has 0 bridgehead atoms. The lowest BCUT2D eigenvalue weighted by Gasteiger charge is -2.09. The fourth-order valence-corrected chi connectivity index (χ4v) is 3.16. The Morgan fingerprint density at radius 1 is 0.478 bits per heavy atom. The van der Waals surface area contributed by atoms with Crippen molar-refractivity contribution >= 4 is 21.5 Å². The normalized spacial score (nSPS) is 11.1. The van der Waals surface area contributed by atoms with Crippen molar-refractivity contribution < 1.29 is 0 Å². The van der Waals surface area contributed by atoms with Crippen LogP contribution >= 0.6 is 0 Å². The van der Waals surface area contributed by atoms with Gasteiger partial charge < -0.3 is 0 Å². The van der Waals surface area contributed by atoms with Crippen molar-refractivity contribution in [3.05, 3.63) is 96.1 Å². The molecule has 0 unspecified atom stereocenters. The summed E-state index contributed by atoms with van der Waals surface area (Å²) in [5.74, 6) is 0. The first-order chi connectivity index (χ1) is 11.4. The second kappa shape index (κ2) is 6.23. The molecule has 0 aliphatic heterocycles. The van der Waals surface area contributed by atoms with Crippen LogP contribution in [0.5, 0.6) is 0 Å². The Balaban J connectivity index is 1.55. The Kier molecular flexibility index (Phi) is 3.79. The largest absolute Gasteiger partial charge is 0.232 e. The molecule has 1 heteroatoms. The lowest BCUT2D eigenvalue weighted by molar-refractivity contribution is 0.683. The molecule has 111 valence electrons. The summed E-state index contributed by atoms with van der Waals surface area (Å²) in [4.78, 5) is 0. The van der Waals surface area contributed by atoms with Gasteiger partial charge in [-0.1, -0.05) is 84.9 Å². The Morgan fingerprint density at radius 2 is 0.913 bits per heavy atom. The number of hydrogen-bond donors (Lipinski definition) is 0. The number of fused-ring (bicyclic) bond motifs is 2. The van der Waals surface area contributed by atoms with Crippen molar-refractivity contribution in [3.63, 3.8) is 0 Å². The predicted octanol–water partition coefficient (Wildman–Crippen LogP) is 5.30. The van der Waals surface area contributed by atoms with E-state index in [0.717, 1.165) is 13.1 Å². The summed E-state index contributed by atoms with van der Waals surface area (Å²) >= 11 is 0. The highest BCUT2D eigenvalue weighted by molar-refractivity contribution is 5.86. The van der Waals surface area contributed by atoms with Gasteiger partial charge in [-0.2, -0.15) is 0 Å². The standard InChI is InChI=1S/C22H18N/c1-3-13-21-17(7-1)9-5-11-19(21)15-23-16-20-12-6-10-18-8-2-4-14-22(18)20/h1-14H,15-16H2. The van der Waals surface area contributed by atoms with Gasteiger partial charge in [-0.15, -0.1) is 0 Å². The van der Waals surface area contributed by atoms with Gasteiger partial charge in [-0.3, -0.25) is 0 Å². The van der Waals surface area contributed by atoms with Crippen LogP contribution in [0.3, 0.4) is 0 Å². The highest BCUT2D eigenvalue weighted by Crippen LogP contribution is 2.20. The molecule has 1 radical (unpaired) electrons. The number of rotatable bonds is 4. The number of benzene rings is 4. The third-order valence-electron chi connectivity index (χ3n) is 4.32. The zero-order valence-corrected chi connectivity index (χ0v) is 12.9. The predicted molar refractivity (Wildman–Crippen MR) is 97.4 cm³/mol. The molecule has 0 aliphatic rings. The first-order valence-corrected chi connectivity index (χ1v) is 7.98. The summed E-state index contributed by atoms with van der Waals surface area (Å²) < 4.78 is 0. The quantitative estimate of drug-likeness (QED) is 0.485. The number of nitrogens with zero attached hydrogens (tertiary/aromatic N) is 1. The second-order valence-corrected chi connectivity index (χ2v) is 5.82. The summed E-state index contributed by atoms with van der Waals surface area (Å²) in [6.07, 6.45) is 0. The van der Waals surface area contributed by atoms with E-state index >= 15 is 0 Å². The fraction of sp³-hybridized carbons (Fsp3) is 0.0909. The molecular formula is C22H18N. The third kappa shape index (κ3) is 2.84. The van der Waals surface area contributed by atoms with Gasteiger partial charge in [0.25, 0.3) is 0 Å². The molecule has 4 aromatic carbocycles. The molecule has 4 aromatic rings. The Bertz CT molecular complexity index is 866. The molecule has 0 saturated carbocycles. The average molecular weight is 296 g/mol. The van der Waals surface area contributed by atoms with E-state index in [-0.39, 0.29) is 0 Å². The van der Waals surface area contributed by atoms with E-state index in [1.54, 1.807) is 0 Å². The van der Waals surface area contributed by atoms with Crippen molar-refractivity contribution in [2.24, 2.45) is 0 Å². The zero-order chi connectivity index (χ0) is 15.5. The van der Waals surface area contributed by atoms with E-state index in [0.29, 0.717) is 0 Å². The van der Waals surface area contributed by atoms with Gasteiger partial charge in [0.05, 0.1) is 0 Å². The van der Waals surface area contributed by atoms with E-state index < -0.39 is 0 Å². The lowest BCUT2D eigenvalue weighted by Crippen LogP contribution is -2.05. The van der Waals surface area contributed by atoms with Crippen molar-refractivity contribution in [2.45, 2.75) is 13.1 Å². The molecule has 0 saturated heterocycles. The summed E-state index contributed by atoms with van der Waals surface area (Å²) in [6.45, 7) is 1.51. The Labute approximate surface area is 136 Å². The molecule has 0 heterocycles. The monoisotopic (exact) mass is 296 g/mol. The van der Waals surface area contributed by atoms with Crippen LogP contribution in [0.15, 0.2) is 84.9 Å². The first-order valence-electron chi connectivity index (χ1n) is 7.98. The van der Waals surface area contributed by atoms with Crippen LogP contribution in [0.1, 0.15) is 11.1 Å². The zero-order valence-electron chi connectivity index (χ0n) is 12.9. The highest BCUT2D eigenvalue weighted by atomic mass is 14.8. The maximum Gasteiger partial charge on any atom is 0.0394 e. The van der Waals surface area contributed by atoms with Crippen molar-refractivity contribution in [1.82, 2.24) is 5.32 Å². The maximum absolute atomic E-state index is 4.81. The summed E-state index contributed by atoms with van der Waals surface area (Å²) in [6, 6.07) is 29.9. The summed E-state index contributed by atoms with van der Waals surface area (Å²) in [7, 11) is 0. The molecule has 0 amide bonds. The molecule has 0 fully saturated rings. The van der Waals surface area contributed by atoms with E-state index in [4.69, 9.17) is 5.32 Å². The first kappa shape index (κ1) is 14.0. The SMILES string of the molecule is c1ccc2c(C[N]Cc3cccc4ccccc34)cccc2c1. The molecule has 0 N–H and O–H groups in total. The fourth-order valence-electron chi connectivity index (χ4n) is 3.16. The minimum Gasteiger partial charge on any atom is -0.232 e. The van der Waals surface area contributed by atoms with Gasteiger partial charge in [0.15, 0.2) is 0 Å². The second-order valence-electron chi connectivity index (χ2n) is 5.82. The van der Waals surface area contributed by atoms with E-state index in [9.17, 15) is 0 Å². The van der Waals surface area contributed by atoms with Crippen LogP contribution in [-0.4, -0.2) is 0 Å². The van der Waals surface area contributed by atoms with Crippen molar-refractivity contribution in [3.8, 4) is 0 Å². The molecule has 4 rings (SSSR count). The molecule has 0 aromatic heterocycles. The van der Waals surface area contributed by atoms with Crippen LogP contribution in [0.4, 0.5) is 0 Å². The average Bonchev–Trinajstić information content (AvgIpc) is 2.62. The van der Waals surface area contributed by atoms with Gasteiger partial charge in [0, 0.05) is 13.1 Å². The minimum atomic E-state index is 0.755. The molecule has 23 heavy (non-hydrogen) atoms. The van der Waals surface area contributed by atoms with E-state index in [1.807, 2.05) is 0 Å². The Hall–Kier alpha value is -2.64. The van der Waals surface area contributed by atoms with Crippen molar-refractivity contribution in [1.29, 1.82) is 0 Å². The van der Waals surface area contributed by atoms with Crippen LogP contribution in [0.2, 0.25) is 0 Å². The summed E-state index contributed by atoms with van der Waals surface area (Å²) in [5.41, 5.74) is 2.59. The van der Waals surface area contributed by atoms with E-state index in [1.165, 1.54) is 32.7 Å². The van der Waals surface area contributed by atoms with Gasteiger partial charge in [0.1, 0.15) is 0 Å². The van der Waals surface area contributed by atoms with Gasteiger partial charge in [-0.25, -0.2) is 5.32 Å². The highest BCUT2D eigenvalue weighted by Gasteiger charge is 2.03. The van der Waals surface area contributed by atoms with Crippen LogP contribution in [0, 0.1) is 0 Å². The third-order valence-corrected chi connectivity index (χ3v) is 4.32. The maximum atomic E-state index is 4.81. The Morgan fingerprint density at radius 3 is 1.43 bits per heavy atom. The minimum absolute atomic E-state index is 0.755. The topological polar surface area (TPSA) is 14.1 Å². The lowest BCUT2D eigenvalue weighted by atomic mass is 10.0. The van der Waals surface area contributed by atoms with E-state index in [2.05, 4.69) is 84.9 Å². The molecule has 0 atom stereocenters. The van der Waals surface area contributed by atoms with Crippen molar-refractivity contribution in [2.75, 3.05) is 0 Å². The molecule has 1 nitrogen and oxygen atoms in total. The van der Waals surface area contributed by atoms with Gasteiger partial charge in [0.2, 0.25) is 0 Å². The van der Waals surface area contributed by atoms with Crippen LogP contribution in [0.25, 0.3) is 21.5 Å². The smallest absolute Gasteiger partial charge is 0.0394 e. The molecular weight excluding hydrogens is 278 g/mol. The van der Waals surface area contributed by atoms with Gasteiger partial charge in [-0.05, 0) is 32.7 Å².